The summed E-state index contributed by atoms with van der Waals surface area (Å²) in [6.07, 6.45) is 3.78. The predicted molar refractivity (Wildman–Crippen MR) is 72.4 cm³/mol. The number of hydrogen-bond acceptors (Lipinski definition) is 5. The minimum Gasteiger partial charge on any atom is -0.373 e. The van der Waals surface area contributed by atoms with Crippen molar-refractivity contribution in [3.05, 3.63) is 0 Å². The van der Waals surface area contributed by atoms with E-state index < -0.39 is 0 Å². The summed E-state index contributed by atoms with van der Waals surface area (Å²) in [5.41, 5.74) is 0.0974. The third kappa shape index (κ3) is 3.47. The highest BCUT2D eigenvalue weighted by Gasteiger charge is 2.41. The van der Waals surface area contributed by atoms with E-state index in [0.29, 0.717) is 6.61 Å². The fraction of sp³-hybridized carbons (Fsp3) is 1.00. The largest absolute Gasteiger partial charge is 0.373 e. The van der Waals surface area contributed by atoms with Gasteiger partial charge in [-0.2, -0.15) is 0 Å². The minimum absolute atomic E-state index is 0.0974. The van der Waals surface area contributed by atoms with Crippen LogP contribution in [0.4, 0.5) is 0 Å². The van der Waals surface area contributed by atoms with E-state index in [1.54, 1.807) is 0 Å². The van der Waals surface area contributed by atoms with Gasteiger partial charge in [0.1, 0.15) is 0 Å². The molecule has 3 aliphatic heterocycles. The second-order valence-electron chi connectivity index (χ2n) is 6.16. The first-order chi connectivity index (χ1) is 9.26. The molecule has 3 heterocycles. The molecule has 2 atom stereocenters. The zero-order valence-electron chi connectivity index (χ0n) is 11.9. The third-order valence-electron chi connectivity index (χ3n) is 4.55. The lowest BCUT2D eigenvalue weighted by Crippen LogP contribution is -2.43. The standard InChI is InChI=1S/C14H26N2O3/c1-16-6-7-17-13(9-16)10-18-12-8-14(19-11-12)2-4-15-5-3-14/h12-13,15H,2-11H2,1H3. The Bertz CT molecular complexity index is 294. The molecule has 3 aliphatic rings. The third-order valence-corrected chi connectivity index (χ3v) is 4.55. The summed E-state index contributed by atoms with van der Waals surface area (Å²) in [5, 5.41) is 3.39. The van der Waals surface area contributed by atoms with Crippen LogP contribution in [0.25, 0.3) is 0 Å². The fourth-order valence-electron chi connectivity index (χ4n) is 3.35. The van der Waals surface area contributed by atoms with Gasteiger partial charge in [0.2, 0.25) is 0 Å². The molecular weight excluding hydrogens is 244 g/mol. The van der Waals surface area contributed by atoms with Crippen LogP contribution in [0.1, 0.15) is 19.3 Å². The van der Waals surface area contributed by atoms with Gasteiger partial charge in [-0.25, -0.2) is 0 Å². The maximum absolute atomic E-state index is 6.04. The first-order valence-corrected chi connectivity index (χ1v) is 7.52. The van der Waals surface area contributed by atoms with Crippen molar-refractivity contribution < 1.29 is 14.2 Å². The summed E-state index contributed by atoms with van der Waals surface area (Å²) >= 11 is 0. The number of morpholine rings is 1. The number of hydrogen-bond donors (Lipinski definition) is 1. The maximum Gasteiger partial charge on any atom is 0.0935 e. The lowest BCUT2D eigenvalue weighted by molar-refractivity contribution is -0.0807. The van der Waals surface area contributed by atoms with Crippen LogP contribution in [-0.2, 0) is 14.2 Å². The van der Waals surface area contributed by atoms with Gasteiger partial charge in [0, 0.05) is 19.5 Å². The van der Waals surface area contributed by atoms with Crippen molar-refractivity contribution >= 4 is 0 Å². The molecule has 110 valence electrons. The van der Waals surface area contributed by atoms with Crippen LogP contribution in [0.5, 0.6) is 0 Å². The quantitative estimate of drug-likeness (QED) is 0.796. The first kappa shape index (κ1) is 13.8. The Labute approximate surface area is 115 Å². The molecule has 5 heteroatoms. The van der Waals surface area contributed by atoms with Crippen LogP contribution in [-0.4, -0.2) is 75.8 Å². The second-order valence-corrected chi connectivity index (χ2v) is 6.16. The monoisotopic (exact) mass is 270 g/mol. The average Bonchev–Trinajstić information content (AvgIpc) is 2.80. The van der Waals surface area contributed by atoms with E-state index in [2.05, 4.69) is 17.3 Å². The smallest absolute Gasteiger partial charge is 0.0935 e. The summed E-state index contributed by atoms with van der Waals surface area (Å²) in [6.45, 7) is 6.42. The van der Waals surface area contributed by atoms with Gasteiger partial charge in [0.25, 0.3) is 0 Å². The van der Waals surface area contributed by atoms with Crippen molar-refractivity contribution in [1.82, 2.24) is 10.2 Å². The number of likely N-dealkylation sites (N-methyl/N-ethyl adjacent to an activating group) is 1. The molecule has 1 N–H and O–H groups in total. The molecule has 0 aromatic carbocycles. The van der Waals surface area contributed by atoms with Crippen molar-refractivity contribution in [2.45, 2.75) is 37.1 Å². The molecule has 3 fully saturated rings. The summed E-state index contributed by atoms with van der Waals surface area (Å²) in [4.78, 5) is 2.30. The molecule has 0 aromatic rings. The Kier molecular flexibility index (Phi) is 4.39. The maximum atomic E-state index is 6.04. The van der Waals surface area contributed by atoms with Crippen molar-refractivity contribution in [3.63, 3.8) is 0 Å². The van der Waals surface area contributed by atoms with Crippen molar-refractivity contribution in [2.75, 3.05) is 53.0 Å². The zero-order valence-corrected chi connectivity index (χ0v) is 11.9. The SMILES string of the molecule is CN1CCOC(COC2COC3(CCNCC3)C2)C1. The molecular formula is C14H26N2O3. The van der Waals surface area contributed by atoms with E-state index in [0.717, 1.165) is 58.7 Å². The minimum atomic E-state index is 0.0974. The van der Waals surface area contributed by atoms with Crippen LogP contribution in [0.2, 0.25) is 0 Å². The summed E-state index contributed by atoms with van der Waals surface area (Å²) in [7, 11) is 2.14. The highest BCUT2D eigenvalue weighted by molar-refractivity contribution is 4.93. The molecule has 0 saturated carbocycles. The van der Waals surface area contributed by atoms with Gasteiger partial charge in [0.15, 0.2) is 0 Å². The van der Waals surface area contributed by atoms with E-state index in [1.165, 1.54) is 0 Å². The second kappa shape index (κ2) is 6.06. The van der Waals surface area contributed by atoms with E-state index in [4.69, 9.17) is 14.2 Å². The fourth-order valence-corrected chi connectivity index (χ4v) is 3.35. The molecule has 19 heavy (non-hydrogen) atoms. The van der Waals surface area contributed by atoms with Gasteiger partial charge >= 0.3 is 0 Å². The lowest BCUT2D eigenvalue weighted by Gasteiger charge is -2.33. The first-order valence-electron chi connectivity index (χ1n) is 7.52. The number of piperidine rings is 1. The number of ether oxygens (including phenoxy) is 3. The molecule has 2 unspecified atom stereocenters. The van der Waals surface area contributed by atoms with Gasteiger partial charge in [-0.1, -0.05) is 0 Å². The van der Waals surface area contributed by atoms with E-state index in [-0.39, 0.29) is 17.8 Å². The van der Waals surface area contributed by atoms with Crippen molar-refractivity contribution in [1.29, 1.82) is 0 Å². The molecule has 0 radical (unpaired) electrons. The van der Waals surface area contributed by atoms with Gasteiger partial charge < -0.3 is 24.4 Å². The topological polar surface area (TPSA) is 43.0 Å². The summed E-state index contributed by atoms with van der Waals surface area (Å²) in [6, 6.07) is 0. The highest BCUT2D eigenvalue weighted by Crippen LogP contribution is 2.35. The predicted octanol–water partition coefficient (Wildman–Crippen LogP) is 0.245. The van der Waals surface area contributed by atoms with E-state index in [1.807, 2.05) is 0 Å². The average molecular weight is 270 g/mol. The van der Waals surface area contributed by atoms with Crippen LogP contribution >= 0.6 is 0 Å². The Morgan fingerprint density at radius 2 is 2.21 bits per heavy atom. The van der Waals surface area contributed by atoms with E-state index in [9.17, 15) is 0 Å². The highest BCUT2D eigenvalue weighted by atomic mass is 16.6. The summed E-state index contributed by atoms with van der Waals surface area (Å²) in [5.74, 6) is 0. The Balaban J connectivity index is 1.41. The van der Waals surface area contributed by atoms with Crippen LogP contribution in [0, 0.1) is 0 Å². The van der Waals surface area contributed by atoms with E-state index >= 15 is 0 Å². The van der Waals surface area contributed by atoms with Crippen LogP contribution in [0.3, 0.4) is 0 Å². The molecule has 3 rings (SSSR count). The van der Waals surface area contributed by atoms with Crippen LogP contribution in [0.15, 0.2) is 0 Å². The zero-order chi connectivity index (χ0) is 13.1. The number of nitrogens with one attached hydrogen (secondary N) is 1. The van der Waals surface area contributed by atoms with Gasteiger partial charge in [-0.15, -0.1) is 0 Å². The molecule has 3 saturated heterocycles. The molecule has 0 aliphatic carbocycles. The Morgan fingerprint density at radius 1 is 1.37 bits per heavy atom. The van der Waals surface area contributed by atoms with Gasteiger partial charge in [0.05, 0.1) is 37.6 Å². The normalized spacial score (nSPS) is 35.8. The molecule has 0 aromatic heterocycles. The molecule has 0 bridgehead atoms. The summed E-state index contributed by atoms with van der Waals surface area (Å²) < 4.78 is 17.8. The Hall–Kier alpha value is -0.200. The Morgan fingerprint density at radius 3 is 3.00 bits per heavy atom. The molecule has 1 spiro atoms. The van der Waals surface area contributed by atoms with Gasteiger partial charge in [-0.3, -0.25) is 0 Å². The lowest BCUT2D eigenvalue weighted by atomic mass is 9.89. The molecule has 0 amide bonds. The number of nitrogens with zero attached hydrogens (tertiary/aromatic N) is 1. The van der Waals surface area contributed by atoms with Crippen molar-refractivity contribution in [3.8, 4) is 0 Å². The van der Waals surface area contributed by atoms with Crippen molar-refractivity contribution in [2.24, 2.45) is 0 Å². The molecule has 5 nitrogen and oxygen atoms in total. The number of rotatable bonds is 3. The van der Waals surface area contributed by atoms with Gasteiger partial charge in [-0.05, 0) is 33.0 Å². The van der Waals surface area contributed by atoms with Crippen LogP contribution < -0.4 is 5.32 Å².